The lowest BCUT2D eigenvalue weighted by Crippen LogP contribution is -2.38. The normalized spacial score (nSPS) is 15.3. The van der Waals surface area contributed by atoms with Crippen LogP contribution in [0.15, 0.2) is 53.7 Å². The predicted molar refractivity (Wildman–Crippen MR) is 120 cm³/mol. The van der Waals surface area contributed by atoms with Crippen molar-refractivity contribution in [1.29, 1.82) is 0 Å². The van der Waals surface area contributed by atoms with Crippen molar-refractivity contribution in [3.05, 3.63) is 59.9 Å². The number of halogens is 4. The molecular formula is C22H21F4N5O2S. The number of hydrogen-bond acceptors (Lipinski definition) is 6. The van der Waals surface area contributed by atoms with Gasteiger partial charge >= 0.3 is 6.18 Å². The van der Waals surface area contributed by atoms with Gasteiger partial charge in [-0.3, -0.25) is 9.36 Å². The number of benzene rings is 2. The first-order chi connectivity index (χ1) is 16.2. The Bertz CT molecular complexity index is 1150. The summed E-state index contributed by atoms with van der Waals surface area (Å²) in [6, 6.07) is 10.2. The number of rotatable bonds is 6. The van der Waals surface area contributed by atoms with Crippen LogP contribution in [0.5, 0.6) is 0 Å². The first-order valence-corrected chi connectivity index (χ1v) is 11.3. The number of morpholine rings is 1. The molecule has 1 saturated heterocycles. The van der Waals surface area contributed by atoms with E-state index in [9.17, 15) is 22.4 Å². The molecule has 4 rings (SSSR count). The third kappa shape index (κ3) is 5.50. The summed E-state index contributed by atoms with van der Waals surface area (Å²) in [6.07, 6.45) is -4.45. The fourth-order valence-corrected chi connectivity index (χ4v) is 4.21. The highest BCUT2D eigenvalue weighted by Crippen LogP contribution is 2.32. The number of carbonyl (C=O) groups excluding carboxylic acids is 1. The molecule has 1 fully saturated rings. The zero-order chi connectivity index (χ0) is 24.3. The molecule has 1 aliphatic rings. The van der Waals surface area contributed by atoms with E-state index in [1.165, 1.54) is 24.3 Å². The first-order valence-electron chi connectivity index (χ1n) is 10.4. The number of anilines is 2. The Balaban J connectivity index is 1.54. The average molecular weight is 496 g/mol. The molecular weight excluding hydrogens is 474 g/mol. The van der Waals surface area contributed by atoms with Gasteiger partial charge in [-0.25, -0.2) is 4.39 Å². The second kappa shape index (κ2) is 10.0. The van der Waals surface area contributed by atoms with Crippen molar-refractivity contribution in [3.8, 4) is 5.69 Å². The summed E-state index contributed by atoms with van der Waals surface area (Å²) in [5.74, 6) is -0.346. The van der Waals surface area contributed by atoms with E-state index < -0.39 is 28.7 Å². The molecule has 1 aromatic heterocycles. The lowest BCUT2D eigenvalue weighted by molar-refractivity contribution is -0.137. The van der Waals surface area contributed by atoms with Gasteiger partial charge in [0.1, 0.15) is 5.82 Å². The number of amides is 1. The SMILES string of the molecule is CC(Sc1nnc(N2CCOCC2)n1-c1cccc(F)c1)C(=O)Nc1ccc(C(F)(F)F)cc1. The molecule has 1 atom stereocenters. The van der Waals surface area contributed by atoms with Gasteiger partial charge in [0.2, 0.25) is 11.9 Å². The molecule has 0 bridgehead atoms. The van der Waals surface area contributed by atoms with Gasteiger partial charge in [-0.1, -0.05) is 17.8 Å². The number of nitrogens with one attached hydrogen (secondary N) is 1. The van der Waals surface area contributed by atoms with Crippen LogP contribution in [0.3, 0.4) is 0 Å². The molecule has 1 unspecified atom stereocenters. The molecule has 12 heteroatoms. The number of nitrogens with zero attached hydrogens (tertiary/aromatic N) is 4. The van der Waals surface area contributed by atoms with Gasteiger partial charge < -0.3 is 15.0 Å². The second-order valence-electron chi connectivity index (χ2n) is 7.52. The molecule has 2 aromatic carbocycles. The Kier molecular flexibility index (Phi) is 7.08. The Morgan fingerprint density at radius 1 is 1.12 bits per heavy atom. The van der Waals surface area contributed by atoms with E-state index in [2.05, 4.69) is 15.5 Å². The summed E-state index contributed by atoms with van der Waals surface area (Å²) in [4.78, 5) is 14.7. The van der Waals surface area contributed by atoms with E-state index in [0.29, 0.717) is 43.1 Å². The van der Waals surface area contributed by atoms with Crippen molar-refractivity contribution >= 4 is 29.3 Å². The Hall–Kier alpha value is -3.12. The summed E-state index contributed by atoms with van der Waals surface area (Å²) in [5, 5.41) is 10.8. The van der Waals surface area contributed by atoms with E-state index in [-0.39, 0.29) is 5.69 Å². The summed E-state index contributed by atoms with van der Waals surface area (Å²) >= 11 is 1.11. The van der Waals surface area contributed by atoms with Gasteiger partial charge in [0.15, 0.2) is 5.16 Å². The van der Waals surface area contributed by atoms with E-state index in [1.54, 1.807) is 23.6 Å². The summed E-state index contributed by atoms with van der Waals surface area (Å²) in [6.45, 7) is 3.85. The van der Waals surface area contributed by atoms with Crippen LogP contribution in [0.4, 0.5) is 29.2 Å². The Labute approximate surface area is 197 Å². The van der Waals surface area contributed by atoms with Crippen LogP contribution in [0, 0.1) is 5.82 Å². The van der Waals surface area contributed by atoms with E-state index >= 15 is 0 Å². The van der Waals surface area contributed by atoms with Crippen molar-refractivity contribution in [2.24, 2.45) is 0 Å². The van der Waals surface area contributed by atoms with Gasteiger partial charge in [-0.05, 0) is 49.4 Å². The number of thioether (sulfide) groups is 1. The lowest BCUT2D eigenvalue weighted by Gasteiger charge is -2.28. The maximum atomic E-state index is 14.0. The van der Waals surface area contributed by atoms with Gasteiger partial charge in [0.05, 0.1) is 29.7 Å². The highest BCUT2D eigenvalue weighted by atomic mass is 32.2. The van der Waals surface area contributed by atoms with Crippen LogP contribution in [-0.4, -0.2) is 52.2 Å². The van der Waals surface area contributed by atoms with Crippen molar-refractivity contribution < 1.29 is 27.1 Å². The van der Waals surface area contributed by atoms with Crippen molar-refractivity contribution in [2.45, 2.75) is 23.5 Å². The molecule has 2 heterocycles. The Morgan fingerprint density at radius 2 is 1.82 bits per heavy atom. The van der Waals surface area contributed by atoms with E-state index in [0.717, 1.165) is 23.9 Å². The fourth-order valence-electron chi connectivity index (χ4n) is 3.35. The minimum Gasteiger partial charge on any atom is -0.378 e. The number of ether oxygens (including phenoxy) is 1. The molecule has 0 saturated carbocycles. The minimum absolute atomic E-state index is 0.242. The van der Waals surface area contributed by atoms with E-state index in [4.69, 9.17) is 4.74 Å². The molecule has 0 spiro atoms. The number of carbonyl (C=O) groups is 1. The molecule has 7 nitrogen and oxygen atoms in total. The molecule has 180 valence electrons. The van der Waals surface area contributed by atoms with Gasteiger partial charge in [0, 0.05) is 18.8 Å². The van der Waals surface area contributed by atoms with Gasteiger partial charge in [-0.15, -0.1) is 10.2 Å². The average Bonchev–Trinajstić information content (AvgIpc) is 3.23. The topological polar surface area (TPSA) is 72.3 Å². The minimum atomic E-state index is -4.45. The number of hydrogen-bond donors (Lipinski definition) is 1. The number of alkyl halides is 3. The maximum absolute atomic E-state index is 14.0. The summed E-state index contributed by atoms with van der Waals surface area (Å²) < 4.78 is 59.3. The number of aromatic nitrogens is 3. The van der Waals surface area contributed by atoms with Crippen molar-refractivity contribution in [2.75, 3.05) is 36.5 Å². The highest BCUT2D eigenvalue weighted by Gasteiger charge is 2.30. The fraction of sp³-hybridized carbons (Fsp3) is 0.318. The van der Waals surface area contributed by atoms with Crippen LogP contribution in [-0.2, 0) is 15.7 Å². The largest absolute Gasteiger partial charge is 0.416 e. The first kappa shape index (κ1) is 24.0. The molecule has 3 aromatic rings. The maximum Gasteiger partial charge on any atom is 0.416 e. The van der Waals surface area contributed by atoms with Gasteiger partial charge in [0.25, 0.3) is 0 Å². The third-order valence-electron chi connectivity index (χ3n) is 5.11. The quantitative estimate of drug-likeness (QED) is 0.404. The van der Waals surface area contributed by atoms with Crippen LogP contribution >= 0.6 is 11.8 Å². The molecule has 0 aliphatic carbocycles. The zero-order valence-corrected chi connectivity index (χ0v) is 18.9. The van der Waals surface area contributed by atoms with Crippen LogP contribution in [0.2, 0.25) is 0 Å². The molecule has 1 N–H and O–H groups in total. The lowest BCUT2D eigenvalue weighted by atomic mass is 10.2. The van der Waals surface area contributed by atoms with Crippen LogP contribution in [0.1, 0.15) is 12.5 Å². The predicted octanol–water partition coefficient (Wildman–Crippen LogP) is 4.38. The monoisotopic (exact) mass is 495 g/mol. The van der Waals surface area contributed by atoms with Crippen LogP contribution < -0.4 is 10.2 Å². The molecule has 1 aliphatic heterocycles. The molecule has 0 radical (unpaired) electrons. The van der Waals surface area contributed by atoms with Crippen molar-refractivity contribution in [1.82, 2.24) is 14.8 Å². The van der Waals surface area contributed by atoms with Gasteiger partial charge in [-0.2, -0.15) is 13.2 Å². The summed E-state index contributed by atoms with van der Waals surface area (Å²) in [7, 11) is 0. The molecule has 34 heavy (non-hydrogen) atoms. The second-order valence-corrected chi connectivity index (χ2v) is 8.83. The molecule has 1 amide bonds. The van der Waals surface area contributed by atoms with Crippen LogP contribution in [0.25, 0.3) is 5.69 Å². The third-order valence-corrected chi connectivity index (χ3v) is 6.15. The van der Waals surface area contributed by atoms with E-state index in [1.807, 2.05) is 4.90 Å². The smallest absolute Gasteiger partial charge is 0.378 e. The standard InChI is InChI=1S/C22H21F4N5O2S/c1-14(19(32)27-17-7-5-15(6-8-17)22(24,25)26)34-21-29-28-20(30-9-11-33-12-10-30)31(21)18-4-2-3-16(23)13-18/h2-8,13-14H,9-12H2,1H3,(H,27,32). The van der Waals surface area contributed by atoms with Crippen molar-refractivity contribution in [3.63, 3.8) is 0 Å². The summed E-state index contributed by atoms with van der Waals surface area (Å²) in [5.41, 5.74) is -0.0536. The highest BCUT2D eigenvalue weighted by molar-refractivity contribution is 8.00. The Morgan fingerprint density at radius 3 is 2.47 bits per heavy atom. The zero-order valence-electron chi connectivity index (χ0n) is 18.1.